The number of amides is 1. The minimum atomic E-state index is -0.243. The molecule has 100 valence electrons. The molecule has 18 heavy (non-hydrogen) atoms. The summed E-state index contributed by atoms with van der Waals surface area (Å²) < 4.78 is 5.79. The van der Waals surface area contributed by atoms with Gasteiger partial charge in [0.25, 0.3) is 5.91 Å². The summed E-state index contributed by atoms with van der Waals surface area (Å²) >= 11 is 0. The average molecular weight is 250 g/mol. The molecule has 4 nitrogen and oxygen atoms in total. The van der Waals surface area contributed by atoms with Gasteiger partial charge in [-0.2, -0.15) is 5.26 Å². The van der Waals surface area contributed by atoms with Crippen molar-refractivity contribution in [2.24, 2.45) is 5.92 Å². The number of nitriles is 1. The largest absolute Gasteiger partial charge is 0.363 e. The molecule has 2 heterocycles. The fraction of sp³-hybridized carbons (Fsp3) is 0.857. The Bertz CT molecular complexity index is 351. The maximum atomic E-state index is 12.3. The Morgan fingerprint density at radius 2 is 2.06 bits per heavy atom. The lowest BCUT2D eigenvalue weighted by Gasteiger charge is -2.33. The third-order valence-electron chi connectivity index (χ3n) is 4.05. The van der Waals surface area contributed by atoms with Gasteiger partial charge in [-0.25, -0.2) is 0 Å². The maximum Gasteiger partial charge on any atom is 0.251 e. The summed E-state index contributed by atoms with van der Waals surface area (Å²) in [5.74, 6) is 0.621. The standard InChI is InChI=1S/C14H22N2O2/c1-14(2)7-3-12(18-14)13(17)16-9-5-11(4-8-15)6-10-16/h11-12H,3-7,9-10H2,1-2H3. The van der Waals surface area contributed by atoms with Crippen LogP contribution in [-0.4, -0.2) is 35.6 Å². The Morgan fingerprint density at radius 1 is 1.39 bits per heavy atom. The van der Waals surface area contributed by atoms with E-state index in [-0.39, 0.29) is 17.6 Å². The van der Waals surface area contributed by atoms with Crippen LogP contribution in [0.4, 0.5) is 0 Å². The number of rotatable bonds is 2. The van der Waals surface area contributed by atoms with Crippen molar-refractivity contribution in [3.8, 4) is 6.07 Å². The average Bonchev–Trinajstić information content (AvgIpc) is 2.70. The molecule has 2 rings (SSSR count). The highest BCUT2D eigenvalue weighted by molar-refractivity contribution is 5.81. The molecule has 2 aliphatic heterocycles. The fourth-order valence-corrected chi connectivity index (χ4v) is 2.85. The van der Waals surface area contributed by atoms with E-state index in [0.29, 0.717) is 12.3 Å². The molecule has 0 aliphatic carbocycles. The minimum Gasteiger partial charge on any atom is -0.363 e. The van der Waals surface area contributed by atoms with Gasteiger partial charge in [-0.05, 0) is 45.4 Å². The number of likely N-dealkylation sites (tertiary alicyclic amines) is 1. The molecule has 2 saturated heterocycles. The molecule has 0 N–H and O–H groups in total. The Morgan fingerprint density at radius 3 is 2.56 bits per heavy atom. The summed E-state index contributed by atoms with van der Waals surface area (Å²) in [4.78, 5) is 14.2. The van der Waals surface area contributed by atoms with E-state index in [1.165, 1.54) is 0 Å². The second kappa shape index (κ2) is 5.27. The lowest BCUT2D eigenvalue weighted by atomic mass is 9.94. The highest BCUT2D eigenvalue weighted by Gasteiger charge is 2.38. The molecule has 1 amide bonds. The molecule has 4 heteroatoms. The first-order chi connectivity index (χ1) is 8.52. The summed E-state index contributed by atoms with van der Waals surface area (Å²) in [6, 6.07) is 2.22. The summed E-state index contributed by atoms with van der Waals surface area (Å²) in [5.41, 5.74) is -0.153. The van der Waals surface area contributed by atoms with Crippen LogP contribution in [0.1, 0.15) is 46.0 Å². The van der Waals surface area contributed by atoms with Gasteiger partial charge in [-0.15, -0.1) is 0 Å². The number of carbonyl (C=O) groups excluding carboxylic acids is 1. The van der Waals surface area contributed by atoms with E-state index in [1.807, 2.05) is 18.7 Å². The Hall–Kier alpha value is -1.08. The van der Waals surface area contributed by atoms with Gasteiger partial charge in [0.15, 0.2) is 0 Å². The van der Waals surface area contributed by atoms with Gasteiger partial charge < -0.3 is 9.64 Å². The first kappa shape index (κ1) is 13.4. The lowest BCUT2D eigenvalue weighted by Crippen LogP contribution is -2.44. The van der Waals surface area contributed by atoms with Gasteiger partial charge in [0.1, 0.15) is 6.10 Å². The molecule has 2 fully saturated rings. The zero-order valence-corrected chi connectivity index (χ0v) is 11.3. The third kappa shape index (κ3) is 3.02. The maximum absolute atomic E-state index is 12.3. The van der Waals surface area contributed by atoms with Gasteiger partial charge >= 0.3 is 0 Å². The van der Waals surface area contributed by atoms with Crippen molar-refractivity contribution in [3.63, 3.8) is 0 Å². The molecule has 2 aliphatic rings. The van der Waals surface area contributed by atoms with Crippen molar-refractivity contribution in [1.82, 2.24) is 4.90 Å². The molecule has 0 radical (unpaired) electrons. The normalized spacial score (nSPS) is 28.1. The SMILES string of the molecule is CC1(C)CCC(C(=O)N2CCC(CC#N)CC2)O1. The zero-order chi connectivity index (χ0) is 13.2. The van der Waals surface area contributed by atoms with Crippen LogP contribution in [0.2, 0.25) is 0 Å². The molecule has 0 saturated carbocycles. The topological polar surface area (TPSA) is 53.3 Å². The van der Waals surface area contributed by atoms with Gasteiger partial charge in [-0.3, -0.25) is 4.79 Å². The van der Waals surface area contributed by atoms with E-state index < -0.39 is 0 Å². The molecule has 0 aromatic carbocycles. The predicted molar refractivity (Wildman–Crippen MR) is 67.7 cm³/mol. The third-order valence-corrected chi connectivity index (χ3v) is 4.05. The number of carbonyl (C=O) groups is 1. The van der Waals surface area contributed by atoms with Crippen LogP contribution >= 0.6 is 0 Å². The molecular formula is C14H22N2O2. The second-order valence-corrected chi connectivity index (χ2v) is 6.04. The zero-order valence-electron chi connectivity index (χ0n) is 11.3. The minimum absolute atomic E-state index is 0.149. The van der Waals surface area contributed by atoms with E-state index in [0.717, 1.165) is 38.8 Å². The summed E-state index contributed by atoms with van der Waals surface area (Å²) in [7, 11) is 0. The van der Waals surface area contributed by atoms with E-state index in [9.17, 15) is 4.79 Å². The van der Waals surface area contributed by atoms with Crippen molar-refractivity contribution < 1.29 is 9.53 Å². The van der Waals surface area contributed by atoms with E-state index in [1.54, 1.807) is 0 Å². The van der Waals surface area contributed by atoms with Crippen LogP contribution < -0.4 is 0 Å². The van der Waals surface area contributed by atoms with Gasteiger partial charge in [0.05, 0.1) is 11.7 Å². The van der Waals surface area contributed by atoms with Gasteiger partial charge in [-0.1, -0.05) is 0 Å². The van der Waals surface area contributed by atoms with Crippen molar-refractivity contribution >= 4 is 5.91 Å². The predicted octanol–water partition coefficient (Wildman–Crippen LogP) is 2.10. The lowest BCUT2D eigenvalue weighted by molar-refractivity contribution is -0.147. The summed E-state index contributed by atoms with van der Waals surface area (Å²) in [6.07, 6.45) is 4.07. The molecule has 1 unspecified atom stereocenters. The molecular weight excluding hydrogens is 228 g/mol. The van der Waals surface area contributed by atoms with E-state index in [2.05, 4.69) is 6.07 Å². The van der Waals surface area contributed by atoms with Crippen molar-refractivity contribution in [2.75, 3.05) is 13.1 Å². The molecule has 0 aromatic rings. The van der Waals surface area contributed by atoms with Crippen LogP contribution in [0, 0.1) is 17.2 Å². The summed E-state index contributed by atoms with van der Waals surface area (Å²) in [6.45, 7) is 5.65. The van der Waals surface area contributed by atoms with Crippen LogP contribution in [0.25, 0.3) is 0 Å². The molecule has 1 atom stereocenters. The number of hydrogen-bond donors (Lipinski definition) is 0. The first-order valence-electron chi connectivity index (χ1n) is 6.85. The number of nitrogens with zero attached hydrogens (tertiary/aromatic N) is 2. The number of piperidine rings is 1. The molecule has 0 bridgehead atoms. The Kier molecular flexibility index (Phi) is 3.91. The highest BCUT2D eigenvalue weighted by atomic mass is 16.5. The van der Waals surface area contributed by atoms with Crippen molar-refractivity contribution in [1.29, 1.82) is 5.26 Å². The summed E-state index contributed by atoms with van der Waals surface area (Å²) in [5, 5.41) is 8.67. The smallest absolute Gasteiger partial charge is 0.251 e. The Labute approximate surface area is 109 Å². The van der Waals surface area contributed by atoms with Crippen LogP contribution in [-0.2, 0) is 9.53 Å². The van der Waals surface area contributed by atoms with Crippen molar-refractivity contribution in [2.45, 2.75) is 57.7 Å². The van der Waals surface area contributed by atoms with E-state index in [4.69, 9.17) is 10.00 Å². The second-order valence-electron chi connectivity index (χ2n) is 6.04. The van der Waals surface area contributed by atoms with Crippen LogP contribution in [0.3, 0.4) is 0 Å². The quantitative estimate of drug-likeness (QED) is 0.754. The Balaban J connectivity index is 1.83. The van der Waals surface area contributed by atoms with Gasteiger partial charge in [0.2, 0.25) is 0 Å². The van der Waals surface area contributed by atoms with E-state index >= 15 is 0 Å². The number of ether oxygens (including phenoxy) is 1. The van der Waals surface area contributed by atoms with Crippen LogP contribution in [0.15, 0.2) is 0 Å². The van der Waals surface area contributed by atoms with Crippen LogP contribution in [0.5, 0.6) is 0 Å². The molecule has 0 spiro atoms. The molecule has 0 aromatic heterocycles. The highest BCUT2D eigenvalue weighted by Crippen LogP contribution is 2.31. The first-order valence-corrected chi connectivity index (χ1v) is 6.85. The monoisotopic (exact) mass is 250 g/mol. The van der Waals surface area contributed by atoms with Gasteiger partial charge in [0, 0.05) is 19.5 Å². The number of hydrogen-bond acceptors (Lipinski definition) is 3. The fourth-order valence-electron chi connectivity index (χ4n) is 2.85. The van der Waals surface area contributed by atoms with Crippen molar-refractivity contribution in [3.05, 3.63) is 0 Å².